The number of carbonyl (C=O) groups excluding carboxylic acids is 2. The molecular weight excluding hydrogens is 444 g/mol. The number of carbonyl (C=O) groups is 2. The quantitative estimate of drug-likeness (QED) is 0.195. The lowest BCUT2D eigenvalue weighted by Gasteiger charge is -2.32. The Balaban J connectivity index is 5.92. The fourth-order valence-electron chi connectivity index (χ4n) is 1.27. The van der Waals surface area contributed by atoms with Crippen LogP contribution in [0.4, 0.5) is 35.1 Å². The number of esters is 2. The highest BCUT2D eigenvalue weighted by Crippen LogP contribution is 2.39. The molecule has 0 aromatic heterocycles. The van der Waals surface area contributed by atoms with Crippen LogP contribution < -0.4 is 0 Å². The van der Waals surface area contributed by atoms with Crippen molar-refractivity contribution in [1.82, 2.24) is 0 Å². The first-order chi connectivity index (χ1) is 12.2. The van der Waals surface area contributed by atoms with Crippen LogP contribution in [0.5, 0.6) is 0 Å². The summed E-state index contributed by atoms with van der Waals surface area (Å²) >= 11 is 0. The lowest BCUT2D eigenvalue weighted by atomic mass is 10.2. The molecule has 1 unspecified atom stereocenters. The Hall–Kier alpha value is -2.01. The topological polar surface area (TPSA) is 116 Å². The van der Waals surface area contributed by atoms with Crippen LogP contribution >= 0.6 is 0 Å². The van der Waals surface area contributed by atoms with Gasteiger partial charge in [-0.2, -0.15) is 43.5 Å². The zero-order valence-corrected chi connectivity index (χ0v) is 14.2. The van der Waals surface area contributed by atoms with Gasteiger partial charge in [0.1, 0.15) is 5.57 Å². The SMILES string of the molecule is C=C(C(=O)OC(OCCC(F)(F)S(=O)(=O)O)(C(=O)OC)C(F)(F)F)C(F)(F)F. The highest BCUT2D eigenvalue weighted by Gasteiger charge is 2.68. The first-order valence-corrected chi connectivity index (χ1v) is 7.80. The highest BCUT2D eigenvalue weighted by molar-refractivity contribution is 7.86. The van der Waals surface area contributed by atoms with Gasteiger partial charge in [-0.3, -0.25) is 4.55 Å². The minimum atomic E-state index is -6.17. The molecule has 0 aliphatic rings. The van der Waals surface area contributed by atoms with Crippen molar-refractivity contribution < 1.29 is 71.9 Å². The van der Waals surface area contributed by atoms with Gasteiger partial charge in [-0.1, -0.05) is 6.58 Å². The predicted octanol–water partition coefficient (Wildman–Crippen LogP) is 1.97. The maximum absolute atomic E-state index is 13.2. The first kappa shape index (κ1) is 26.0. The molecule has 1 N–H and O–H groups in total. The van der Waals surface area contributed by atoms with Gasteiger partial charge in [0.25, 0.3) is 0 Å². The van der Waals surface area contributed by atoms with Gasteiger partial charge in [0, 0.05) is 0 Å². The minimum Gasteiger partial charge on any atom is -0.464 e. The van der Waals surface area contributed by atoms with Crippen LogP contribution in [0.1, 0.15) is 6.42 Å². The molecule has 0 aliphatic carbocycles. The zero-order valence-electron chi connectivity index (χ0n) is 13.4. The Bertz CT molecular complexity index is 726. The van der Waals surface area contributed by atoms with Gasteiger partial charge < -0.3 is 14.2 Å². The summed E-state index contributed by atoms with van der Waals surface area (Å²) in [5.74, 6) is -10.5. The van der Waals surface area contributed by atoms with Crippen molar-refractivity contribution in [2.45, 2.75) is 29.8 Å². The maximum Gasteiger partial charge on any atom is 0.468 e. The van der Waals surface area contributed by atoms with Crippen LogP contribution in [0.25, 0.3) is 0 Å². The molecule has 0 fully saturated rings. The largest absolute Gasteiger partial charge is 0.468 e. The molecule has 0 radical (unpaired) electrons. The molecule has 17 heteroatoms. The number of hydrogen-bond acceptors (Lipinski definition) is 7. The summed E-state index contributed by atoms with van der Waals surface area (Å²) in [6.45, 7) is 0.0737. The third-order valence-electron chi connectivity index (χ3n) is 2.73. The molecule has 0 aliphatic heterocycles. The summed E-state index contributed by atoms with van der Waals surface area (Å²) in [5, 5.41) is -5.07. The Morgan fingerprint density at radius 1 is 1.04 bits per heavy atom. The molecule has 164 valence electrons. The van der Waals surface area contributed by atoms with E-state index in [0.29, 0.717) is 0 Å². The average Bonchev–Trinajstić information content (AvgIpc) is 2.48. The molecule has 0 spiro atoms. The molecule has 28 heavy (non-hydrogen) atoms. The predicted molar refractivity (Wildman–Crippen MR) is 69.2 cm³/mol. The van der Waals surface area contributed by atoms with Gasteiger partial charge in [0.05, 0.1) is 20.1 Å². The van der Waals surface area contributed by atoms with Gasteiger partial charge in [-0.25, -0.2) is 9.59 Å². The van der Waals surface area contributed by atoms with E-state index in [1.165, 1.54) is 0 Å². The average molecular weight is 454 g/mol. The lowest BCUT2D eigenvalue weighted by Crippen LogP contribution is -2.58. The van der Waals surface area contributed by atoms with Crippen LogP contribution in [0.2, 0.25) is 0 Å². The Labute approximate surface area is 150 Å². The third-order valence-corrected chi connectivity index (χ3v) is 3.69. The molecule has 0 bridgehead atoms. The second-order valence-electron chi connectivity index (χ2n) is 4.68. The second-order valence-corrected chi connectivity index (χ2v) is 6.23. The fourth-order valence-corrected chi connectivity index (χ4v) is 1.61. The van der Waals surface area contributed by atoms with Gasteiger partial charge in [-0.05, 0) is 0 Å². The summed E-state index contributed by atoms with van der Waals surface area (Å²) in [6, 6.07) is 0. The standard InChI is InChI=1S/C11H10F8O8S/c1-5(10(14,15)16)6(20)27-9(7(21)25-2,11(17,18)19)26-4-3-8(12,13)28(22,23)24/h1,3-4H2,2H3,(H,22,23,24). The number of hydrogen-bond donors (Lipinski definition) is 1. The van der Waals surface area contributed by atoms with E-state index < -0.39 is 64.1 Å². The molecule has 0 aromatic carbocycles. The Kier molecular flexibility index (Phi) is 7.57. The molecule has 0 heterocycles. The molecule has 0 aromatic rings. The van der Waals surface area contributed by atoms with Crippen LogP contribution in [0.3, 0.4) is 0 Å². The van der Waals surface area contributed by atoms with E-state index in [9.17, 15) is 53.1 Å². The first-order valence-electron chi connectivity index (χ1n) is 6.36. The number of halogens is 8. The van der Waals surface area contributed by atoms with Gasteiger partial charge in [-0.15, -0.1) is 0 Å². The smallest absolute Gasteiger partial charge is 0.464 e. The molecular formula is C11H10F8O8S. The highest BCUT2D eigenvalue weighted by atomic mass is 32.2. The van der Waals surface area contributed by atoms with Crippen LogP contribution in [0.15, 0.2) is 12.2 Å². The van der Waals surface area contributed by atoms with Crippen molar-refractivity contribution in [2.24, 2.45) is 0 Å². The zero-order chi connectivity index (χ0) is 22.8. The summed E-state index contributed by atoms with van der Waals surface area (Å²) in [5.41, 5.74) is -2.52. The fraction of sp³-hybridized carbons (Fsp3) is 0.636. The normalized spacial score (nSPS) is 15.5. The summed E-state index contributed by atoms with van der Waals surface area (Å²) in [7, 11) is -5.86. The third kappa shape index (κ3) is 5.74. The van der Waals surface area contributed by atoms with E-state index in [2.05, 4.69) is 20.8 Å². The van der Waals surface area contributed by atoms with Crippen LogP contribution in [-0.4, -0.2) is 62.0 Å². The number of alkyl halides is 8. The van der Waals surface area contributed by atoms with E-state index in [0.717, 1.165) is 0 Å². The molecule has 8 nitrogen and oxygen atoms in total. The van der Waals surface area contributed by atoms with Crippen molar-refractivity contribution in [2.75, 3.05) is 13.7 Å². The van der Waals surface area contributed by atoms with Gasteiger partial charge in [0.15, 0.2) is 0 Å². The van der Waals surface area contributed by atoms with E-state index in [-0.39, 0.29) is 7.11 Å². The van der Waals surface area contributed by atoms with Crippen molar-refractivity contribution in [3.63, 3.8) is 0 Å². The summed E-state index contributed by atoms with van der Waals surface area (Å²) in [6.07, 6.45) is -14.0. The summed E-state index contributed by atoms with van der Waals surface area (Å²) < 4.78 is 143. The molecule has 0 amide bonds. The van der Waals surface area contributed by atoms with Crippen molar-refractivity contribution in [3.05, 3.63) is 12.2 Å². The van der Waals surface area contributed by atoms with E-state index in [1.54, 1.807) is 0 Å². The minimum absolute atomic E-state index is 0.255. The lowest BCUT2D eigenvalue weighted by molar-refractivity contribution is -0.355. The van der Waals surface area contributed by atoms with E-state index in [1.807, 2.05) is 0 Å². The van der Waals surface area contributed by atoms with Crippen molar-refractivity contribution in [3.8, 4) is 0 Å². The van der Waals surface area contributed by atoms with E-state index in [4.69, 9.17) is 4.55 Å². The van der Waals surface area contributed by atoms with Crippen molar-refractivity contribution >= 4 is 22.1 Å². The monoisotopic (exact) mass is 454 g/mol. The summed E-state index contributed by atoms with van der Waals surface area (Å²) in [4.78, 5) is 22.7. The maximum atomic E-state index is 13.2. The van der Waals surface area contributed by atoms with Crippen LogP contribution in [-0.2, 0) is 33.9 Å². The van der Waals surface area contributed by atoms with E-state index >= 15 is 0 Å². The number of methoxy groups -OCH3 is 1. The molecule has 0 saturated heterocycles. The second kappa shape index (κ2) is 8.16. The van der Waals surface area contributed by atoms with Gasteiger partial charge in [0.2, 0.25) is 0 Å². The molecule has 0 saturated carbocycles. The Morgan fingerprint density at radius 3 is 1.82 bits per heavy atom. The molecule has 1 atom stereocenters. The number of ether oxygens (including phenoxy) is 3. The number of rotatable bonds is 8. The Morgan fingerprint density at radius 2 is 1.50 bits per heavy atom. The van der Waals surface area contributed by atoms with Crippen LogP contribution in [0, 0.1) is 0 Å². The van der Waals surface area contributed by atoms with Crippen molar-refractivity contribution in [1.29, 1.82) is 0 Å². The molecule has 0 rings (SSSR count). The van der Waals surface area contributed by atoms with Gasteiger partial charge >= 0.3 is 45.5 Å².